The van der Waals surface area contributed by atoms with Crippen LogP contribution in [0.1, 0.15) is 53.3 Å². The van der Waals surface area contributed by atoms with Crippen LogP contribution < -0.4 is 0 Å². The molecular weight excluding hydrogens is 338 g/mol. The van der Waals surface area contributed by atoms with Crippen LogP contribution in [0.3, 0.4) is 0 Å². The first kappa shape index (κ1) is 18.4. The summed E-state index contributed by atoms with van der Waals surface area (Å²) < 4.78 is 28.2. The Morgan fingerprint density at radius 3 is 2.44 bits per heavy atom. The average Bonchev–Trinajstić information content (AvgIpc) is 3.17. The van der Waals surface area contributed by atoms with Crippen molar-refractivity contribution < 1.29 is 13.7 Å². The van der Waals surface area contributed by atoms with Gasteiger partial charge in [-0.2, -0.15) is 16.4 Å². The van der Waals surface area contributed by atoms with Crippen LogP contribution in [0.25, 0.3) is 17.3 Å². The van der Waals surface area contributed by atoms with Crippen molar-refractivity contribution in [2.75, 3.05) is 0 Å². The number of rotatable bonds is 4. The molecule has 7 heteroatoms. The van der Waals surface area contributed by atoms with Crippen LogP contribution in [0.5, 0.6) is 0 Å². The topological polar surface area (TPSA) is 36.3 Å². The van der Waals surface area contributed by atoms with Gasteiger partial charge in [0.1, 0.15) is 5.73 Å². The summed E-state index contributed by atoms with van der Waals surface area (Å²) in [5, 5.41) is 8.66. The maximum Gasteiger partial charge on any atom is 0.525 e. The van der Waals surface area contributed by atoms with E-state index in [1.54, 1.807) is 11.3 Å². The van der Waals surface area contributed by atoms with E-state index in [1.807, 2.05) is 69.1 Å². The maximum absolute atomic E-state index is 14.8. The smallest absolute Gasteiger partial charge is 0.398 e. The van der Waals surface area contributed by atoms with Crippen LogP contribution in [0.2, 0.25) is 0 Å². The Morgan fingerprint density at radius 2 is 1.92 bits per heavy atom. The number of hydrogen-bond acceptors (Lipinski definition) is 4. The molecule has 0 amide bonds. The molecule has 1 aliphatic rings. The van der Waals surface area contributed by atoms with Gasteiger partial charge in [-0.1, -0.05) is 0 Å². The van der Waals surface area contributed by atoms with E-state index in [-0.39, 0.29) is 6.04 Å². The second-order valence-corrected chi connectivity index (χ2v) is 8.40. The number of nitrogens with zero attached hydrogens (tertiary/aromatic N) is 2. The molecular formula is C18H24BFN2O2S. The zero-order valence-electron chi connectivity index (χ0n) is 15.5. The third-order valence-electron chi connectivity index (χ3n) is 4.83. The molecule has 0 unspecified atom stereocenters. The first-order chi connectivity index (χ1) is 11.6. The monoisotopic (exact) mass is 362 g/mol. The zero-order chi connectivity index (χ0) is 18.4. The minimum absolute atomic E-state index is 0.115. The van der Waals surface area contributed by atoms with Crippen molar-refractivity contribution in [3.05, 3.63) is 34.3 Å². The quantitative estimate of drug-likeness (QED) is 0.707. The lowest BCUT2D eigenvalue weighted by Crippen LogP contribution is -2.41. The van der Waals surface area contributed by atoms with Gasteiger partial charge in [-0.05, 0) is 65.1 Å². The van der Waals surface area contributed by atoms with Crippen molar-refractivity contribution in [3.63, 3.8) is 0 Å². The van der Waals surface area contributed by atoms with Gasteiger partial charge >= 0.3 is 7.12 Å². The Kier molecular flexibility index (Phi) is 4.68. The zero-order valence-corrected chi connectivity index (χ0v) is 16.4. The molecule has 3 rings (SSSR count). The summed E-state index contributed by atoms with van der Waals surface area (Å²) in [5.74, 6) is 0. The summed E-state index contributed by atoms with van der Waals surface area (Å²) in [6.45, 7) is 11.7. The molecule has 0 bridgehead atoms. The summed E-state index contributed by atoms with van der Waals surface area (Å²) in [6.07, 6.45) is 1.46. The molecule has 2 aromatic heterocycles. The Hall–Kier alpha value is -1.44. The van der Waals surface area contributed by atoms with Crippen LogP contribution in [-0.2, 0) is 9.31 Å². The number of aromatic nitrogens is 2. The average molecular weight is 362 g/mol. The van der Waals surface area contributed by atoms with E-state index in [4.69, 9.17) is 9.31 Å². The van der Waals surface area contributed by atoms with Crippen LogP contribution in [0.15, 0.2) is 28.6 Å². The van der Waals surface area contributed by atoms with E-state index in [0.717, 1.165) is 11.3 Å². The molecule has 1 aliphatic heterocycles. The van der Waals surface area contributed by atoms with Crippen LogP contribution >= 0.6 is 11.3 Å². The lowest BCUT2D eigenvalue weighted by molar-refractivity contribution is 0.00578. The molecule has 2 aromatic rings. The van der Waals surface area contributed by atoms with Gasteiger partial charge in [-0.3, -0.25) is 4.68 Å². The van der Waals surface area contributed by atoms with Crippen molar-refractivity contribution in [2.45, 2.75) is 58.8 Å². The summed E-state index contributed by atoms with van der Waals surface area (Å²) in [5.41, 5.74) is 0.991. The molecule has 0 spiro atoms. The predicted octanol–water partition coefficient (Wildman–Crippen LogP) is 5.13. The van der Waals surface area contributed by atoms with E-state index < -0.39 is 24.0 Å². The van der Waals surface area contributed by atoms with Gasteiger partial charge in [-0.15, -0.1) is 0 Å². The Bertz CT molecular complexity index is 765. The highest BCUT2D eigenvalue weighted by Gasteiger charge is 2.53. The molecule has 3 heterocycles. The van der Waals surface area contributed by atoms with E-state index in [0.29, 0.717) is 5.69 Å². The van der Waals surface area contributed by atoms with Crippen molar-refractivity contribution >= 4 is 24.5 Å². The van der Waals surface area contributed by atoms with Crippen LogP contribution in [-0.4, -0.2) is 28.1 Å². The molecule has 0 aliphatic carbocycles. The summed E-state index contributed by atoms with van der Waals surface area (Å²) in [4.78, 5) is 0. The van der Waals surface area contributed by atoms with Gasteiger partial charge in [0.05, 0.1) is 22.6 Å². The summed E-state index contributed by atoms with van der Waals surface area (Å²) in [7, 11) is -0.995. The molecule has 1 fully saturated rings. The highest BCUT2D eigenvalue weighted by atomic mass is 32.1. The fourth-order valence-electron chi connectivity index (χ4n) is 2.65. The molecule has 0 radical (unpaired) electrons. The molecule has 0 saturated carbocycles. The van der Waals surface area contributed by atoms with Gasteiger partial charge in [0, 0.05) is 17.0 Å². The SMILES string of the molecule is CC(C)n1nc(-c2ccsc2)cc1C=C(F)B1OC(C)(C)C(C)(C)O1. The molecule has 1 saturated heterocycles. The van der Waals surface area contributed by atoms with E-state index in [9.17, 15) is 4.39 Å². The van der Waals surface area contributed by atoms with Crippen LogP contribution in [0.4, 0.5) is 4.39 Å². The molecule has 0 aromatic carbocycles. The third kappa shape index (κ3) is 3.45. The Morgan fingerprint density at radius 1 is 1.28 bits per heavy atom. The fourth-order valence-corrected chi connectivity index (χ4v) is 3.30. The van der Waals surface area contributed by atoms with Crippen molar-refractivity contribution in [1.82, 2.24) is 9.78 Å². The highest BCUT2D eigenvalue weighted by Crippen LogP contribution is 2.39. The maximum atomic E-state index is 14.8. The standard InChI is InChI=1S/C18H24BFN2O2S/c1-12(2)22-14(9-15(21-22)13-7-8-25-11-13)10-16(20)19-23-17(3,4)18(5,6)24-19/h7-12H,1-6H3. The largest absolute Gasteiger partial charge is 0.525 e. The minimum atomic E-state index is -0.995. The van der Waals surface area contributed by atoms with Crippen LogP contribution in [0, 0.1) is 0 Å². The van der Waals surface area contributed by atoms with Gasteiger partial charge in [0.15, 0.2) is 0 Å². The fraction of sp³-hybridized carbons (Fsp3) is 0.500. The lowest BCUT2D eigenvalue weighted by Gasteiger charge is -2.32. The molecule has 4 nitrogen and oxygen atoms in total. The van der Waals surface area contributed by atoms with Crippen molar-refractivity contribution in [2.24, 2.45) is 0 Å². The highest BCUT2D eigenvalue weighted by molar-refractivity contribution is 7.08. The summed E-state index contributed by atoms with van der Waals surface area (Å²) in [6, 6.07) is 4.02. The lowest BCUT2D eigenvalue weighted by atomic mass is 9.87. The Balaban J connectivity index is 1.92. The Labute approximate surface area is 152 Å². The minimum Gasteiger partial charge on any atom is -0.398 e. The molecule has 25 heavy (non-hydrogen) atoms. The second-order valence-electron chi connectivity index (χ2n) is 7.62. The van der Waals surface area contributed by atoms with Gasteiger partial charge in [0.25, 0.3) is 0 Å². The molecule has 0 atom stereocenters. The summed E-state index contributed by atoms with van der Waals surface area (Å²) >= 11 is 1.61. The van der Waals surface area contributed by atoms with Gasteiger partial charge in [-0.25, -0.2) is 4.39 Å². The number of thiophene rings is 1. The molecule has 134 valence electrons. The predicted molar refractivity (Wildman–Crippen MR) is 101 cm³/mol. The third-order valence-corrected chi connectivity index (χ3v) is 5.52. The second kappa shape index (κ2) is 6.38. The van der Waals surface area contributed by atoms with E-state index in [2.05, 4.69) is 5.10 Å². The number of halogens is 1. The first-order valence-electron chi connectivity index (χ1n) is 8.45. The first-order valence-corrected chi connectivity index (χ1v) is 9.40. The normalized spacial score (nSPS) is 19.8. The number of hydrogen-bond donors (Lipinski definition) is 0. The molecule has 0 N–H and O–H groups in total. The van der Waals surface area contributed by atoms with Gasteiger partial charge < -0.3 is 9.31 Å². The van der Waals surface area contributed by atoms with Crippen molar-refractivity contribution in [1.29, 1.82) is 0 Å². The van der Waals surface area contributed by atoms with E-state index in [1.165, 1.54) is 6.08 Å². The van der Waals surface area contributed by atoms with E-state index >= 15 is 0 Å². The van der Waals surface area contributed by atoms with Gasteiger partial charge in [0.2, 0.25) is 0 Å². The van der Waals surface area contributed by atoms with Crippen molar-refractivity contribution in [3.8, 4) is 11.3 Å².